The second-order valence-electron chi connectivity index (χ2n) is 5.12. The van der Waals surface area contributed by atoms with Crippen molar-refractivity contribution in [3.05, 3.63) is 48.2 Å². The minimum atomic E-state index is -0.723. The fourth-order valence-corrected chi connectivity index (χ4v) is 2.26. The molecule has 7 heteroatoms. The van der Waals surface area contributed by atoms with Crippen LogP contribution in [0.5, 0.6) is 0 Å². The Morgan fingerprint density at radius 2 is 1.72 bits per heavy atom. The smallest absolute Gasteiger partial charge is 0.354 e. The Labute approximate surface area is 144 Å². The van der Waals surface area contributed by atoms with E-state index in [1.807, 2.05) is 24.3 Å². The Bertz CT molecular complexity index is 858. The van der Waals surface area contributed by atoms with E-state index in [-0.39, 0.29) is 11.6 Å². The van der Waals surface area contributed by atoms with E-state index in [0.717, 1.165) is 16.8 Å². The highest BCUT2D eigenvalue weighted by molar-refractivity contribution is 6.04. The lowest BCUT2D eigenvalue weighted by Crippen LogP contribution is -2.15. The van der Waals surface area contributed by atoms with Crippen molar-refractivity contribution in [1.29, 1.82) is 0 Å². The number of benzene rings is 2. The molecule has 1 amide bonds. The number of nitrogens with one attached hydrogen (secondary N) is 2. The number of fused-ring (bicyclic) bond motifs is 1. The van der Waals surface area contributed by atoms with Gasteiger partial charge in [-0.2, -0.15) is 0 Å². The SMILES string of the molecule is COC(=O)/C=C(/Nc1cc(NC(C)=O)c2ccccc2c1)C(=O)OC. The van der Waals surface area contributed by atoms with Gasteiger partial charge in [0.1, 0.15) is 5.70 Å². The summed E-state index contributed by atoms with van der Waals surface area (Å²) in [4.78, 5) is 34.8. The van der Waals surface area contributed by atoms with Crippen molar-refractivity contribution in [3.8, 4) is 0 Å². The van der Waals surface area contributed by atoms with Gasteiger partial charge in [0, 0.05) is 18.0 Å². The Kier molecular flexibility index (Phi) is 5.73. The van der Waals surface area contributed by atoms with Crippen LogP contribution in [0.1, 0.15) is 6.92 Å². The Morgan fingerprint density at radius 1 is 1.00 bits per heavy atom. The van der Waals surface area contributed by atoms with Crippen LogP contribution < -0.4 is 10.6 Å². The van der Waals surface area contributed by atoms with Crippen molar-refractivity contribution in [2.75, 3.05) is 24.9 Å². The van der Waals surface area contributed by atoms with E-state index in [4.69, 9.17) is 0 Å². The summed E-state index contributed by atoms with van der Waals surface area (Å²) >= 11 is 0. The molecule has 0 spiro atoms. The monoisotopic (exact) mass is 342 g/mol. The Morgan fingerprint density at radius 3 is 2.36 bits per heavy atom. The average molecular weight is 342 g/mol. The summed E-state index contributed by atoms with van der Waals surface area (Å²) in [5.74, 6) is -1.64. The van der Waals surface area contributed by atoms with E-state index < -0.39 is 11.9 Å². The maximum atomic E-state index is 11.9. The molecule has 0 radical (unpaired) electrons. The maximum Gasteiger partial charge on any atom is 0.354 e. The molecule has 0 saturated carbocycles. The molecule has 0 unspecified atom stereocenters. The van der Waals surface area contributed by atoms with Crippen molar-refractivity contribution in [2.45, 2.75) is 6.92 Å². The first-order valence-corrected chi connectivity index (χ1v) is 7.40. The van der Waals surface area contributed by atoms with Crippen LogP contribution in [0.2, 0.25) is 0 Å². The van der Waals surface area contributed by atoms with Crippen LogP contribution in [0.25, 0.3) is 10.8 Å². The maximum absolute atomic E-state index is 11.9. The molecule has 2 aromatic carbocycles. The van der Waals surface area contributed by atoms with Crippen LogP contribution in [0.3, 0.4) is 0 Å². The predicted octanol–water partition coefficient (Wildman–Crippen LogP) is 2.44. The van der Waals surface area contributed by atoms with E-state index >= 15 is 0 Å². The second kappa shape index (κ2) is 7.96. The Hall–Kier alpha value is -3.35. The fraction of sp³-hybridized carbons (Fsp3) is 0.167. The molecule has 0 aliphatic rings. The normalized spacial score (nSPS) is 10.9. The van der Waals surface area contributed by atoms with E-state index in [1.165, 1.54) is 21.1 Å². The lowest BCUT2D eigenvalue weighted by molar-refractivity contribution is -0.138. The summed E-state index contributed by atoms with van der Waals surface area (Å²) in [6, 6.07) is 10.9. The summed E-state index contributed by atoms with van der Waals surface area (Å²) in [6.45, 7) is 1.41. The first-order chi connectivity index (χ1) is 11.9. The first kappa shape index (κ1) is 18.0. The van der Waals surface area contributed by atoms with Crippen molar-refractivity contribution in [2.24, 2.45) is 0 Å². The van der Waals surface area contributed by atoms with Crippen molar-refractivity contribution >= 4 is 40.0 Å². The quantitative estimate of drug-likeness (QED) is 0.640. The average Bonchev–Trinajstić information content (AvgIpc) is 2.59. The lowest BCUT2D eigenvalue weighted by atomic mass is 10.1. The number of rotatable bonds is 5. The molecule has 0 aliphatic heterocycles. The number of hydrogen-bond acceptors (Lipinski definition) is 6. The molecule has 0 aliphatic carbocycles. The van der Waals surface area contributed by atoms with Gasteiger partial charge in [0.05, 0.1) is 26.0 Å². The van der Waals surface area contributed by atoms with Gasteiger partial charge in [-0.25, -0.2) is 9.59 Å². The van der Waals surface area contributed by atoms with Gasteiger partial charge in [-0.05, 0) is 17.5 Å². The number of carbonyl (C=O) groups is 3. The summed E-state index contributed by atoms with van der Waals surface area (Å²) in [7, 11) is 2.41. The lowest BCUT2D eigenvalue weighted by Gasteiger charge is -2.13. The molecule has 25 heavy (non-hydrogen) atoms. The molecule has 7 nitrogen and oxygen atoms in total. The van der Waals surface area contributed by atoms with Crippen molar-refractivity contribution < 1.29 is 23.9 Å². The highest BCUT2D eigenvalue weighted by Crippen LogP contribution is 2.29. The van der Waals surface area contributed by atoms with Crippen LogP contribution in [0.4, 0.5) is 11.4 Å². The molecular formula is C18H18N2O5. The fourth-order valence-electron chi connectivity index (χ4n) is 2.26. The topological polar surface area (TPSA) is 93.7 Å². The number of hydrogen-bond donors (Lipinski definition) is 2. The number of ether oxygens (including phenoxy) is 2. The van der Waals surface area contributed by atoms with Gasteiger partial charge in [0.25, 0.3) is 0 Å². The van der Waals surface area contributed by atoms with Gasteiger partial charge in [-0.15, -0.1) is 0 Å². The van der Waals surface area contributed by atoms with Gasteiger partial charge in [-0.1, -0.05) is 24.3 Å². The number of carbonyl (C=O) groups excluding carboxylic acids is 3. The standard InChI is InChI=1S/C18H18N2O5/c1-11(21)19-15-9-13(8-12-6-4-5-7-14(12)15)20-16(18(23)25-3)10-17(22)24-2/h4-10,20H,1-3H3,(H,19,21)/b16-10+. The van der Waals surface area contributed by atoms with Crippen LogP contribution in [0.15, 0.2) is 48.2 Å². The molecule has 2 aromatic rings. The molecule has 0 aromatic heterocycles. The highest BCUT2D eigenvalue weighted by Gasteiger charge is 2.14. The van der Waals surface area contributed by atoms with Gasteiger partial charge in [0.15, 0.2) is 0 Å². The van der Waals surface area contributed by atoms with Crippen LogP contribution in [-0.2, 0) is 23.9 Å². The molecule has 2 rings (SSSR count). The van der Waals surface area contributed by atoms with Gasteiger partial charge >= 0.3 is 11.9 Å². The van der Waals surface area contributed by atoms with Gasteiger partial charge < -0.3 is 20.1 Å². The third-order valence-electron chi connectivity index (χ3n) is 3.32. The zero-order valence-corrected chi connectivity index (χ0v) is 14.1. The highest BCUT2D eigenvalue weighted by atomic mass is 16.5. The molecular weight excluding hydrogens is 324 g/mol. The predicted molar refractivity (Wildman–Crippen MR) is 94.0 cm³/mol. The van der Waals surface area contributed by atoms with E-state index in [0.29, 0.717) is 11.4 Å². The van der Waals surface area contributed by atoms with Gasteiger partial charge in [0.2, 0.25) is 5.91 Å². The molecule has 0 atom stereocenters. The minimum Gasteiger partial charge on any atom is -0.466 e. The van der Waals surface area contributed by atoms with Crippen LogP contribution >= 0.6 is 0 Å². The minimum absolute atomic E-state index is 0.0848. The summed E-state index contributed by atoms with van der Waals surface area (Å²) in [5.41, 5.74) is 0.997. The van der Waals surface area contributed by atoms with Crippen LogP contribution in [0, 0.1) is 0 Å². The first-order valence-electron chi connectivity index (χ1n) is 7.40. The number of methoxy groups -OCH3 is 2. The van der Waals surface area contributed by atoms with E-state index in [1.54, 1.807) is 12.1 Å². The largest absolute Gasteiger partial charge is 0.466 e. The summed E-state index contributed by atoms with van der Waals surface area (Å²) < 4.78 is 9.20. The van der Waals surface area contributed by atoms with E-state index in [2.05, 4.69) is 20.1 Å². The molecule has 0 heterocycles. The van der Waals surface area contributed by atoms with Gasteiger partial charge in [-0.3, -0.25) is 4.79 Å². The van der Waals surface area contributed by atoms with Crippen molar-refractivity contribution in [1.82, 2.24) is 0 Å². The molecule has 0 bridgehead atoms. The summed E-state index contributed by atoms with van der Waals surface area (Å²) in [5, 5.41) is 7.28. The Balaban J connectivity index is 2.48. The molecule has 130 valence electrons. The zero-order chi connectivity index (χ0) is 18.4. The number of esters is 2. The van der Waals surface area contributed by atoms with E-state index in [9.17, 15) is 14.4 Å². The third kappa shape index (κ3) is 4.57. The number of anilines is 2. The third-order valence-corrected chi connectivity index (χ3v) is 3.32. The number of amides is 1. The zero-order valence-electron chi connectivity index (χ0n) is 14.1. The van der Waals surface area contributed by atoms with Crippen LogP contribution in [-0.4, -0.2) is 32.1 Å². The summed E-state index contributed by atoms with van der Waals surface area (Å²) in [6.07, 6.45) is 0.999. The molecule has 0 fully saturated rings. The van der Waals surface area contributed by atoms with Crippen molar-refractivity contribution in [3.63, 3.8) is 0 Å². The molecule has 0 saturated heterocycles. The second-order valence-corrected chi connectivity index (χ2v) is 5.12. The molecule has 2 N–H and O–H groups in total.